The van der Waals surface area contributed by atoms with Crippen molar-refractivity contribution in [3.63, 3.8) is 0 Å². The molecule has 0 bridgehead atoms. The molecule has 1 unspecified atom stereocenters. The fraction of sp³-hybridized carbons (Fsp3) is 0.538. The summed E-state index contributed by atoms with van der Waals surface area (Å²) in [5, 5.41) is 6.17. The van der Waals surface area contributed by atoms with Gasteiger partial charge in [0.25, 0.3) is 5.91 Å². The molecule has 18 heavy (non-hydrogen) atoms. The summed E-state index contributed by atoms with van der Waals surface area (Å²) >= 11 is 0. The lowest BCUT2D eigenvalue weighted by Crippen LogP contribution is -2.36. The zero-order valence-corrected chi connectivity index (χ0v) is 10.8. The number of rotatable bonds is 4. The van der Waals surface area contributed by atoms with Crippen LogP contribution >= 0.6 is 0 Å². The van der Waals surface area contributed by atoms with E-state index in [1.54, 1.807) is 18.3 Å². The summed E-state index contributed by atoms with van der Waals surface area (Å²) < 4.78 is 5.59. The smallest absolute Gasteiger partial charge is 0.274 e. The summed E-state index contributed by atoms with van der Waals surface area (Å²) in [5.41, 5.74) is 0.359. The molecular formula is C13H19N3O2. The second-order valence-electron chi connectivity index (χ2n) is 4.68. The van der Waals surface area contributed by atoms with Crippen LogP contribution in [0.25, 0.3) is 0 Å². The number of amides is 1. The van der Waals surface area contributed by atoms with Crippen LogP contribution in [-0.4, -0.2) is 36.1 Å². The number of carbonyl (C=O) groups excluding carboxylic acids is 1. The number of pyridine rings is 1. The molecule has 1 amide bonds. The molecule has 98 valence electrons. The van der Waals surface area contributed by atoms with Crippen LogP contribution in [0.15, 0.2) is 18.3 Å². The second-order valence-corrected chi connectivity index (χ2v) is 4.68. The lowest BCUT2D eigenvalue weighted by atomic mass is 10.2. The minimum Gasteiger partial charge on any atom is -0.489 e. The maximum atomic E-state index is 12.1. The first-order valence-corrected chi connectivity index (χ1v) is 6.30. The summed E-state index contributed by atoms with van der Waals surface area (Å²) in [4.78, 5) is 16.2. The van der Waals surface area contributed by atoms with Gasteiger partial charge >= 0.3 is 0 Å². The Hall–Kier alpha value is -1.62. The maximum Gasteiger partial charge on any atom is 0.274 e. The van der Waals surface area contributed by atoms with Gasteiger partial charge in [-0.3, -0.25) is 4.79 Å². The topological polar surface area (TPSA) is 63.2 Å². The van der Waals surface area contributed by atoms with Gasteiger partial charge in [0.15, 0.2) is 11.4 Å². The molecule has 0 radical (unpaired) electrons. The van der Waals surface area contributed by atoms with E-state index < -0.39 is 0 Å². The van der Waals surface area contributed by atoms with E-state index in [-0.39, 0.29) is 18.1 Å². The molecule has 5 nitrogen and oxygen atoms in total. The van der Waals surface area contributed by atoms with Gasteiger partial charge in [-0.1, -0.05) is 0 Å². The minimum absolute atomic E-state index is 0.0221. The van der Waals surface area contributed by atoms with Crippen LogP contribution < -0.4 is 15.4 Å². The molecular weight excluding hydrogens is 230 g/mol. The molecule has 0 aromatic carbocycles. The molecule has 5 heteroatoms. The van der Waals surface area contributed by atoms with Gasteiger partial charge in [-0.2, -0.15) is 0 Å². The first kappa shape index (κ1) is 12.8. The Morgan fingerprint density at radius 3 is 3.11 bits per heavy atom. The third kappa shape index (κ3) is 3.20. The van der Waals surface area contributed by atoms with Crippen molar-refractivity contribution in [2.45, 2.75) is 32.4 Å². The molecule has 1 atom stereocenters. The largest absolute Gasteiger partial charge is 0.489 e. The number of ether oxygens (including phenoxy) is 1. The van der Waals surface area contributed by atoms with Crippen LogP contribution in [-0.2, 0) is 0 Å². The Balaban J connectivity index is 2.08. The summed E-state index contributed by atoms with van der Waals surface area (Å²) in [6, 6.07) is 3.73. The van der Waals surface area contributed by atoms with E-state index in [1.807, 2.05) is 13.8 Å². The molecule has 1 aliphatic heterocycles. The second kappa shape index (κ2) is 5.82. The number of aromatic nitrogens is 1. The standard InChI is InChI=1S/C13H19N3O2/c1-9(2)18-11-4-3-6-15-12(11)13(17)16-10-5-7-14-8-10/h3-4,6,9-10,14H,5,7-8H2,1-2H3,(H,16,17). The normalized spacial score (nSPS) is 18.9. The van der Waals surface area contributed by atoms with E-state index in [0.29, 0.717) is 11.4 Å². The van der Waals surface area contributed by atoms with Crippen molar-refractivity contribution in [2.75, 3.05) is 13.1 Å². The zero-order valence-electron chi connectivity index (χ0n) is 10.8. The van der Waals surface area contributed by atoms with E-state index in [4.69, 9.17) is 4.74 Å². The van der Waals surface area contributed by atoms with Crippen molar-refractivity contribution >= 4 is 5.91 Å². The molecule has 2 heterocycles. The Bertz CT molecular complexity index is 414. The molecule has 1 saturated heterocycles. The predicted molar refractivity (Wildman–Crippen MR) is 68.7 cm³/mol. The quantitative estimate of drug-likeness (QED) is 0.834. The van der Waals surface area contributed by atoms with Gasteiger partial charge < -0.3 is 15.4 Å². The highest BCUT2D eigenvalue weighted by Gasteiger charge is 2.20. The van der Waals surface area contributed by atoms with Gasteiger partial charge in [0.2, 0.25) is 0 Å². The van der Waals surface area contributed by atoms with Crippen LogP contribution in [0.5, 0.6) is 5.75 Å². The molecule has 1 fully saturated rings. The summed E-state index contributed by atoms with van der Waals surface area (Å²) in [6.07, 6.45) is 2.59. The number of carbonyl (C=O) groups is 1. The van der Waals surface area contributed by atoms with E-state index in [2.05, 4.69) is 15.6 Å². The summed E-state index contributed by atoms with van der Waals surface area (Å²) in [5.74, 6) is 0.371. The van der Waals surface area contributed by atoms with Gasteiger partial charge in [0.1, 0.15) is 0 Å². The zero-order chi connectivity index (χ0) is 13.0. The lowest BCUT2D eigenvalue weighted by molar-refractivity contribution is 0.0928. The molecule has 1 aromatic rings. The van der Waals surface area contributed by atoms with E-state index in [9.17, 15) is 4.79 Å². The maximum absolute atomic E-state index is 12.1. The number of hydrogen-bond acceptors (Lipinski definition) is 4. The highest BCUT2D eigenvalue weighted by Crippen LogP contribution is 2.17. The van der Waals surface area contributed by atoms with Crippen LogP contribution in [0.4, 0.5) is 0 Å². The van der Waals surface area contributed by atoms with Crippen LogP contribution in [0.2, 0.25) is 0 Å². The van der Waals surface area contributed by atoms with Gasteiger partial charge in [0.05, 0.1) is 6.10 Å². The van der Waals surface area contributed by atoms with E-state index in [0.717, 1.165) is 19.5 Å². The lowest BCUT2D eigenvalue weighted by Gasteiger charge is -2.15. The molecule has 0 spiro atoms. The van der Waals surface area contributed by atoms with Crippen molar-refractivity contribution in [3.05, 3.63) is 24.0 Å². The molecule has 1 aromatic heterocycles. The van der Waals surface area contributed by atoms with Crippen LogP contribution in [0.1, 0.15) is 30.8 Å². The Kier molecular flexibility index (Phi) is 4.15. The van der Waals surface area contributed by atoms with E-state index in [1.165, 1.54) is 0 Å². The molecule has 0 aliphatic carbocycles. The number of hydrogen-bond donors (Lipinski definition) is 2. The Labute approximate surface area is 107 Å². The van der Waals surface area contributed by atoms with Crippen molar-refractivity contribution in [2.24, 2.45) is 0 Å². The minimum atomic E-state index is -0.167. The van der Waals surface area contributed by atoms with Crippen molar-refractivity contribution in [3.8, 4) is 5.75 Å². The van der Waals surface area contributed by atoms with Crippen molar-refractivity contribution in [1.29, 1.82) is 0 Å². The average molecular weight is 249 g/mol. The third-order valence-electron chi connectivity index (χ3n) is 2.74. The third-order valence-corrected chi connectivity index (χ3v) is 2.74. The van der Waals surface area contributed by atoms with Gasteiger partial charge in [-0.15, -0.1) is 0 Å². The molecule has 2 N–H and O–H groups in total. The highest BCUT2D eigenvalue weighted by atomic mass is 16.5. The average Bonchev–Trinajstić information content (AvgIpc) is 2.81. The van der Waals surface area contributed by atoms with E-state index >= 15 is 0 Å². The number of nitrogens with one attached hydrogen (secondary N) is 2. The molecule has 0 saturated carbocycles. The molecule has 2 rings (SSSR count). The number of nitrogens with zero attached hydrogens (tertiary/aromatic N) is 1. The van der Waals surface area contributed by atoms with Gasteiger partial charge in [-0.25, -0.2) is 4.98 Å². The van der Waals surface area contributed by atoms with Crippen LogP contribution in [0.3, 0.4) is 0 Å². The fourth-order valence-electron chi connectivity index (χ4n) is 1.94. The SMILES string of the molecule is CC(C)Oc1cccnc1C(=O)NC1CCNC1. The first-order valence-electron chi connectivity index (χ1n) is 6.30. The van der Waals surface area contributed by atoms with Crippen molar-refractivity contribution < 1.29 is 9.53 Å². The Morgan fingerprint density at radius 2 is 2.44 bits per heavy atom. The van der Waals surface area contributed by atoms with Crippen molar-refractivity contribution in [1.82, 2.24) is 15.6 Å². The highest BCUT2D eigenvalue weighted by molar-refractivity contribution is 5.95. The fourth-order valence-corrected chi connectivity index (χ4v) is 1.94. The Morgan fingerprint density at radius 1 is 1.61 bits per heavy atom. The van der Waals surface area contributed by atoms with Crippen LogP contribution in [0, 0.1) is 0 Å². The van der Waals surface area contributed by atoms with Gasteiger partial charge in [0, 0.05) is 18.8 Å². The molecule has 1 aliphatic rings. The first-order chi connectivity index (χ1) is 8.66. The summed E-state index contributed by atoms with van der Waals surface area (Å²) in [6.45, 7) is 5.62. The monoisotopic (exact) mass is 249 g/mol. The predicted octanol–water partition coefficient (Wildman–Crippen LogP) is 0.960. The van der Waals surface area contributed by atoms with Gasteiger partial charge in [-0.05, 0) is 38.9 Å². The summed E-state index contributed by atoms with van der Waals surface area (Å²) in [7, 11) is 0.